The summed E-state index contributed by atoms with van der Waals surface area (Å²) in [6.45, 7) is 1.31. The molecule has 8 heteroatoms. The van der Waals surface area contributed by atoms with Gasteiger partial charge in [0.25, 0.3) is 0 Å². The van der Waals surface area contributed by atoms with E-state index in [0.29, 0.717) is 5.57 Å². The zero-order chi connectivity index (χ0) is 15.6. The minimum atomic E-state index is -5.28. The molecule has 0 aliphatic heterocycles. The van der Waals surface area contributed by atoms with Crippen LogP contribution in [0.5, 0.6) is 0 Å². The van der Waals surface area contributed by atoms with E-state index < -0.39 is 25.2 Å². The van der Waals surface area contributed by atoms with Gasteiger partial charge in [0, 0.05) is 6.04 Å². The van der Waals surface area contributed by atoms with Crippen molar-refractivity contribution >= 4 is 6.71 Å². The first-order chi connectivity index (χ1) is 8.28. The zero-order valence-corrected chi connectivity index (χ0v) is 11.6. The molecule has 1 unspecified atom stereocenters. The first-order valence-corrected chi connectivity index (χ1v) is 5.74. The summed E-state index contributed by atoms with van der Waals surface area (Å²) in [6, 6.07) is -0.206. The minimum absolute atomic E-state index is 0.126. The van der Waals surface area contributed by atoms with Crippen molar-refractivity contribution in [3.63, 3.8) is 0 Å². The van der Waals surface area contributed by atoms with Gasteiger partial charge in [0.1, 0.15) is 0 Å². The van der Waals surface area contributed by atoms with E-state index in [2.05, 4.69) is 0 Å². The van der Waals surface area contributed by atoms with Crippen LogP contribution in [0.25, 0.3) is 0 Å². The third kappa shape index (κ3) is 5.46. The Hall–Kier alpha value is -0.655. The van der Waals surface area contributed by atoms with E-state index >= 15 is 0 Å². The molecule has 0 N–H and O–H groups in total. The third-order valence-corrected chi connectivity index (χ3v) is 3.37. The molecule has 0 aliphatic carbocycles. The fourth-order valence-corrected chi connectivity index (χ4v) is 1.63. The smallest absolute Gasteiger partial charge is 0.303 e. The maximum Gasteiger partial charge on any atom is 0.404 e. The van der Waals surface area contributed by atoms with Gasteiger partial charge in [-0.2, -0.15) is 26.3 Å². The van der Waals surface area contributed by atoms with Gasteiger partial charge in [0.05, 0.1) is 0 Å². The van der Waals surface area contributed by atoms with E-state index in [1.807, 2.05) is 0 Å². The highest BCUT2D eigenvalue weighted by Crippen LogP contribution is 2.36. The molecule has 0 spiro atoms. The third-order valence-electron chi connectivity index (χ3n) is 3.37. The summed E-state index contributed by atoms with van der Waals surface area (Å²) >= 11 is 0. The molecule has 0 saturated heterocycles. The fourth-order valence-electron chi connectivity index (χ4n) is 1.63. The lowest BCUT2D eigenvalue weighted by molar-refractivity contribution is -0.104. The molecule has 0 fully saturated rings. The number of halogens is 6. The van der Waals surface area contributed by atoms with E-state index in [4.69, 9.17) is 0 Å². The quantitative estimate of drug-likeness (QED) is 0.430. The molecule has 112 valence electrons. The number of rotatable bonds is 4. The Labute approximate surface area is 109 Å². The van der Waals surface area contributed by atoms with Crippen molar-refractivity contribution in [1.29, 1.82) is 0 Å². The van der Waals surface area contributed by atoms with Crippen LogP contribution in [0.3, 0.4) is 0 Å². The second-order valence-corrected chi connectivity index (χ2v) is 4.94. The van der Waals surface area contributed by atoms with Gasteiger partial charge < -0.3 is 4.90 Å². The lowest BCUT2D eigenvalue weighted by Gasteiger charge is -2.25. The topological polar surface area (TPSA) is 3.24 Å². The summed E-state index contributed by atoms with van der Waals surface area (Å²) in [5, 5.41) is 0. The predicted molar refractivity (Wildman–Crippen MR) is 64.2 cm³/mol. The Morgan fingerprint density at radius 2 is 1.37 bits per heavy atom. The summed E-state index contributed by atoms with van der Waals surface area (Å²) in [4.78, 5) is 1.73. The van der Waals surface area contributed by atoms with Crippen molar-refractivity contribution in [3.05, 3.63) is 11.1 Å². The van der Waals surface area contributed by atoms with Crippen LogP contribution < -0.4 is 0 Å². The lowest BCUT2D eigenvalue weighted by atomic mass is 9.44. The number of alkyl halides is 6. The normalized spacial score (nSPS) is 16.4. The summed E-state index contributed by atoms with van der Waals surface area (Å²) in [5.74, 6) is 0. The highest BCUT2D eigenvalue weighted by molar-refractivity contribution is 6.63. The Kier molecular flexibility index (Phi) is 5.98. The molecule has 19 heavy (non-hydrogen) atoms. The molecule has 0 amide bonds. The van der Waals surface area contributed by atoms with Crippen molar-refractivity contribution in [1.82, 2.24) is 4.90 Å². The molecule has 0 rings (SSSR count). The van der Waals surface area contributed by atoms with Crippen LogP contribution in [-0.2, 0) is 0 Å². The highest BCUT2D eigenvalue weighted by atomic mass is 19.4. The summed E-state index contributed by atoms with van der Waals surface area (Å²) in [5.41, 5.74) is 0.657. The van der Waals surface area contributed by atoms with E-state index in [-0.39, 0.29) is 11.6 Å². The van der Waals surface area contributed by atoms with E-state index in [1.54, 1.807) is 32.8 Å². The highest BCUT2D eigenvalue weighted by Gasteiger charge is 2.60. The molecule has 0 bridgehead atoms. The van der Waals surface area contributed by atoms with Crippen molar-refractivity contribution in [2.75, 3.05) is 14.1 Å². The first kappa shape index (κ1) is 18.3. The van der Waals surface area contributed by atoms with Gasteiger partial charge in [0.2, 0.25) is 0 Å². The SMILES string of the molecule is C/C(CB(C(F)(F)F)C(F)(F)F)=C(\C)C(C)N(C)C. The molecule has 0 aromatic carbocycles. The van der Waals surface area contributed by atoms with Crippen LogP contribution >= 0.6 is 0 Å². The second kappa shape index (κ2) is 6.20. The lowest BCUT2D eigenvalue weighted by Crippen LogP contribution is -2.47. The largest absolute Gasteiger partial charge is 0.404 e. The fraction of sp³-hybridized carbons (Fsp3) is 0.818. The van der Waals surface area contributed by atoms with Crippen molar-refractivity contribution < 1.29 is 26.3 Å². The van der Waals surface area contributed by atoms with Crippen LogP contribution in [-0.4, -0.2) is 43.9 Å². The maximum absolute atomic E-state index is 12.4. The second-order valence-electron chi connectivity index (χ2n) is 4.94. The van der Waals surface area contributed by atoms with Crippen LogP contribution in [0.1, 0.15) is 20.8 Å². The molecule has 0 saturated carbocycles. The van der Waals surface area contributed by atoms with Gasteiger partial charge in [-0.1, -0.05) is 11.1 Å². The Morgan fingerprint density at radius 1 is 1.00 bits per heavy atom. The van der Waals surface area contributed by atoms with Crippen LogP contribution in [0.4, 0.5) is 26.3 Å². The number of hydrogen-bond acceptors (Lipinski definition) is 1. The monoisotopic (exact) mass is 289 g/mol. The molecule has 1 atom stereocenters. The van der Waals surface area contributed by atoms with E-state index in [0.717, 1.165) is 0 Å². The molecule has 0 radical (unpaired) electrons. The summed E-state index contributed by atoms with van der Waals surface area (Å²) in [6.07, 6.45) is -11.6. The molecule has 0 heterocycles. The van der Waals surface area contributed by atoms with Gasteiger partial charge in [-0.15, -0.1) is 0 Å². The Balaban J connectivity index is 5.23. The molecular formula is C11H18BF6N. The average molecular weight is 289 g/mol. The maximum atomic E-state index is 12.4. The van der Waals surface area contributed by atoms with E-state index in [9.17, 15) is 26.3 Å². The molecule has 0 aliphatic rings. The van der Waals surface area contributed by atoms with Gasteiger partial charge in [-0.05, 0) is 41.2 Å². The number of allylic oxidation sites excluding steroid dienone is 1. The van der Waals surface area contributed by atoms with Gasteiger partial charge in [-0.25, -0.2) is 0 Å². The molecule has 1 nitrogen and oxygen atoms in total. The number of likely N-dealkylation sites (N-methyl/N-ethyl adjacent to an activating group) is 1. The number of nitrogens with zero attached hydrogens (tertiary/aromatic N) is 1. The van der Waals surface area contributed by atoms with E-state index in [1.165, 1.54) is 6.92 Å². The predicted octanol–water partition coefficient (Wildman–Crippen LogP) is 3.97. The number of hydrogen-bond donors (Lipinski definition) is 0. The average Bonchev–Trinajstić information content (AvgIpc) is 2.19. The van der Waals surface area contributed by atoms with Crippen molar-refractivity contribution in [2.45, 2.75) is 45.3 Å². The van der Waals surface area contributed by atoms with Gasteiger partial charge in [-0.3, -0.25) is 0 Å². The molecular weight excluding hydrogens is 271 g/mol. The van der Waals surface area contributed by atoms with Gasteiger partial charge in [0.15, 0.2) is 0 Å². The van der Waals surface area contributed by atoms with Crippen molar-refractivity contribution in [3.8, 4) is 0 Å². The van der Waals surface area contributed by atoms with Crippen LogP contribution in [0, 0.1) is 0 Å². The first-order valence-electron chi connectivity index (χ1n) is 5.74. The molecule has 0 aromatic rings. The Bertz CT molecular complexity index is 317. The zero-order valence-electron chi connectivity index (χ0n) is 11.6. The van der Waals surface area contributed by atoms with Crippen molar-refractivity contribution in [2.24, 2.45) is 0 Å². The van der Waals surface area contributed by atoms with Crippen LogP contribution in [0.2, 0.25) is 6.32 Å². The molecule has 0 aromatic heterocycles. The summed E-state index contributed by atoms with van der Waals surface area (Å²) < 4.78 is 74.7. The summed E-state index contributed by atoms with van der Waals surface area (Å²) in [7, 11) is 3.43. The minimum Gasteiger partial charge on any atom is -0.303 e. The van der Waals surface area contributed by atoms with Gasteiger partial charge >= 0.3 is 18.9 Å². The van der Waals surface area contributed by atoms with Crippen LogP contribution in [0.15, 0.2) is 11.1 Å². The standard InChI is InChI=1S/C11H18BF6N/c1-7(8(2)9(3)19(4)5)6-12(10(13,14)15)11(16,17)18/h9H,6H2,1-5H3/b8-7-. The Morgan fingerprint density at radius 3 is 1.63 bits per heavy atom.